The van der Waals surface area contributed by atoms with Gasteiger partial charge in [-0.25, -0.2) is 0 Å². The van der Waals surface area contributed by atoms with Crippen molar-refractivity contribution in [2.75, 3.05) is 0 Å². The largest absolute Gasteiger partial charge is 2.00 e. The van der Waals surface area contributed by atoms with E-state index in [1.165, 1.54) is 0 Å². The van der Waals surface area contributed by atoms with Crippen molar-refractivity contribution in [1.29, 1.82) is 0 Å². The van der Waals surface area contributed by atoms with Crippen LogP contribution in [0.1, 0.15) is 0 Å². The molecule has 1 nitrogen and oxygen atoms in total. The Morgan fingerprint density at radius 1 is 0.750 bits per heavy atom. The zero-order valence-electron chi connectivity index (χ0n) is 1.56. The van der Waals surface area contributed by atoms with Crippen LogP contribution >= 0.6 is 0 Å². The molecule has 0 aromatic rings. The van der Waals surface area contributed by atoms with E-state index < -0.39 is 0 Å². The van der Waals surface area contributed by atoms with Crippen LogP contribution in [0.5, 0.6) is 0 Å². The van der Waals surface area contributed by atoms with Gasteiger partial charge in [-0.1, -0.05) is 0 Å². The van der Waals surface area contributed by atoms with Crippen molar-refractivity contribution in [3.63, 3.8) is 0 Å². The Kier molecular flexibility index (Phi) is 328. The van der Waals surface area contributed by atoms with Gasteiger partial charge in [0.1, 0.15) is 0 Å². The van der Waals surface area contributed by atoms with Gasteiger partial charge in [0, 0.05) is 0 Å². The van der Waals surface area contributed by atoms with E-state index in [-0.39, 0.29) is 56.5 Å². The van der Waals surface area contributed by atoms with Crippen LogP contribution < -0.4 is 34.0 Å². The SMILES string of the molecule is O.[Br-].[Br-].[Cu+2]. The Hall–Kier alpha value is 1.44. The Bertz CT molecular complexity index is 6.00. The maximum absolute atomic E-state index is 0. The van der Waals surface area contributed by atoms with Gasteiger partial charge in [-0.05, 0) is 0 Å². The molecular formula is H2Br2CuO. The van der Waals surface area contributed by atoms with E-state index in [2.05, 4.69) is 0 Å². The van der Waals surface area contributed by atoms with E-state index in [0.717, 1.165) is 0 Å². The summed E-state index contributed by atoms with van der Waals surface area (Å²) in [5.41, 5.74) is 0. The monoisotopic (exact) mass is 239 g/mol. The third-order valence-corrected chi connectivity index (χ3v) is 0. The Morgan fingerprint density at radius 2 is 0.750 bits per heavy atom. The van der Waals surface area contributed by atoms with Crippen molar-refractivity contribution in [2.45, 2.75) is 0 Å². The third kappa shape index (κ3) is 9.88. The van der Waals surface area contributed by atoms with Crippen molar-refractivity contribution in [3.8, 4) is 0 Å². The molecule has 0 fully saturated rings. The van der Waals surface area contributed by atoms with E-state index in [4.69, 9.17) is 0 Å². The summed E-state index contributed by atoms with van der Waals surface area (Å²) in [7, 11) is 0. The number of hydrogen-bond donors (Lipinski definition) is 0. The number of rotatable bonds is 0. The van der Waals surface area contributed by atoms with Gasteiger partial charge < -0.3 is 39.4 Å². The van der Waals surface area contributed by atoms with E-state index in [0.29, 0.717) is 0 Å². The van der Waals surface area contributed by atoms with Crippen molar-refractivity contribution in [2.24, 2.45) is 0 Å². The average molecular weight is 241 g/mol. The molecule has 0 aliphatic carbocycles. The van der Waals surface area contributed by atoms with E-state index in [1.54, 1.807) is 0 Å². The van der Waals surface area contributed by atoms with Gasteiger partial charge in [-0.2, -0.15) is 0 Å². The van der Waals surface area contributed by atoms with E-state index >= 15 is 0 Å². The first kappa shape index (κ1) is 51.7. The molecule has 2 N–H and O–H groups in total. The van der Waals surface area contributed by atoms with Crippen molar-refractivity contribution in [1.82, 2.24) is 0 Å². The molecule has 0 amide bonds. The summed E-state index contributed by atoms with van der Waals surface area (Å²) in [6.45, 7) is 0. The first-order valence-electron chi connectivity index (χ1n) is 0. The molecule has 4 heavy (non-hydrogen) atoms. The summed E-state index contributed by atoms with van der Waals surface area (Å²) in [6.07, 6.45) is 0. The topological polar surface area (TPSA) is 31.5 Å². The normalized spacial score (nSPS) is 0. The molecule has 0 aliphatic rings. The fourth-order valence-electron chi connectivity index (χ4n) is 0. The molecule has 0 saturated carbocycles. The van der Waals surface area contributed by atoms with Crippen LogP contribution in [-0.4, -0.2) is 5.48 Å². The summed E-state index contributed by atoms with van der Waals surface area (Å²) in [5, 5.41) is 0. The van der Waals surface area contributed by atoms with Crippen molar-refractivity contribution < 1.29 is 56.5 Å². The molecule has 0 unspecified atom stereocenters. The molecule has 0 atom stereocenters. The third-order valence-electron chi connectivity index (χ3n) is 0. The van der Waals surface area contributed by atoms with E-state index in [9.17, 15) is 0 Å². The van der Waals surface area contributed by atoms with Gasteiger partial charge in [-0.15, -0.1) is 0 Å². The van der Waals surface area contributed by atoms with Crippen molar-refractivity contribution in [3.05, 3.63) is 0 Å². The van der Waals surface area contributed by atoms with Crippen LogP contribution in [-0.2, 0) is 17.1 Å². The molecule has 0 bridgehead atoms. The predicted octanol–water partition coefficient (Wildman–Crippen LogP) is -6.82. The second kappa shape index (κ2) is 25.3. The Balaban J connectivity index is 0. The fraction of sp³-hybridized carbons (Fsp3) is 0. The molecule has 0 spiro atoms. The minimum absolute atomic E-state index is 0. The van der Waals surface area contributed by atoms with Crippen LogP contribution in [0, 0.1) is 0 Å². The van der Waals surface area contributed by atoms with Crippen LogP contribution in [0.3, 0.4) is 0 Å². The summed E-state index contributed by atoms with van der Waals surface area (Å²) < 4.78 is 0. The average Bonchev–Trinajstić information content (AvgIpc) is 0. The first-order valence-corrected chi connectivity index (χ1v) is 0. The first-order chi connectivity index (χ1) is 0. The van der Waals surface area contributed by atoms with Crippen LogP contribution in [0.2, 0.25) is 0 Å². The fourth-order valence-corrected chi connectivity index (χ4v) is 0. The molecule has 4 heteroatoms. The summed E-state index contributed by atoms with van der Waals surface area (Å²) in [5.74, 6) is 0. The minimum Gasteiger partial charge on any atom is -1.00 e. The zero-order valence-corrected chi connectivity index (χ0v) is 5.67. The quantitative estimate of drug-likeness (QED) is 0.378. The molecule has 0 rings (SSSR count). The van der Waals surface area contributed by atoms with Crippen LogP contribution in [0.15, 0.2) is 0 Å². The van der Waals surface area contributed by atoms with Gasteiger partial charge in [0.2, 0.25) is 0 Å². The second-order valence-electron chi connectivity index (χ2n) is 0. The molecular weight excluding hydrogens is 239 g/mol. The molecule has 0 heterocycles. The number of halogens is 2. The smallest absolute Gasteiger partial charge is 1.00 e. The zero-order chi connectivity index (χ0) is 0. The van der Waals surface area contributed by atoms with Gasteiger partial charge in [-0.3, -0.25) is 0 Å². The number of hydrogen-bond acceptors (Lipinski definition) is 0. The molecule has 33 valence electrons. The van der Waals surface area contributed by atoms with Crippen LogP contribution in [0.25, 0.3) is 0 Å². The Morgan fingerprint density at radius 3 is 0.750 bits per heavy atom. The van der Waals surface area contributed by atoms with Crippen molar-refractivity contribution >= 4 is 0 Å². The standard InChI is InChI=1S/2BrH.Cu.H2O/h2*1H;;1H2/q;;+2;/p-2. The summed E-state index contributed by atoms with van der Waals surface area (Å²) in [6, 6.07) is 0. The second-order valence-corrected chi connectivity index (χ2v) is 0. The molecule has 0 aromatic carbocycles. The molecule has 0 aromatic heterocycles. The summed E-state index contributed by atoms with van der Waals surface area (Å²) >= 11 is 0. The summed E-state index contributed by atoms with van der Waals surface area (Å²) in [4.78, 5) is 0. The minimum atomic E-state index is 0. The van der Waals surface area contributed by atoms with Gasteiger partial charge in [0.25, 0.3) is 0 Å². The molecule has 0 saturated heterocycles. The predicted molar refractivity (Wildman–Crippen MR) is 3.61 cm³/mol. The van der Waals surface area contributed by atoms with Crippen LogP contribution in [0.4, 0.5) is 0 Å². The van der Waals surface area contributed by atoms with E-state index in [1.807, 2.05) is 0 Å². The Labute approximate surface area is 56.5 Å². The maximum atomic E-state index is 0. The van der Waals surface area contributed by atoms with Gasteiger partial charge in [0.05, 0.1) is 0 Å². The van der Waals surface area contributed by atoms with Gasteiger partial charge in [0.15, 0.2) is 0 Å². The molecule has 1 radical (unpaired) electrons. The van der Waals surface area contributed by atoms with Gasteiger partial charge >= 0.3 is 17.1 Å². The maximum Gasteiger partial charge on any atom is 2.00 e. The molecule has 0 aliphatic heterocycles.